The van der Waals surface area contributed by atoms with E-state index in [1.807, 2.05) is 61.5 Å². The predicted molar refractivity (Wildman–Crippen MR) is 122 cm³/mol. The molecule has 3 aromatic heterocycles. The summed E-state index contributed by atoms with van der Waals surface area (Å²) in [5, 5.41) is 0.723. The van der Waals surface area contributed by atoms with Crippen LogP contribution >= 0.6 is 0 Å². The van der Waals surface area contributed by atoms with Gasteiger partial charge in [0.15, 0.2) is 0 Å². The largest absolute Gasteiger partial charge is 0.456 e. The number of aromatic nitrogens is 3. The number of para-hydroxylation sites is 1. The van der Waals surface area contributed by atoms with E-state index in [2.05, 4.69) is 4.98 Å². The summed E-state index contributed by atoms with van der Waals surface area (Å²) < 4.78 is 7.06. The van der Waals surface area contributed by atoms with Gasteiger partial charge in [-0.1, -0.05) is 54.6 Å². The van der Waals surface area contributed by atoms with Crippen molar-refractivity contribution in [3.8, 4) is 11.3 Å². The number of ether oxygens (including phenoxy) is 1. The van der Waals surface area contributed by atoms with Crippen LogP contribution in [0.3, 0.4) is 0 Å². The van der Waals surface area contributed by atoms with E-state index in [0.29, 0.717) is 22.4 Å². The molecular weight excluding hydrogens is 402 g/mol. The number of nitrogens with zero attached hydrogens (tertiary/aromatic N) is 3. The number of rotatable bonds is 4. The Hall–Kier alpha value is -4.32. The molecule has 0 saturated heterocycles. The maximum atomic E-state index is 13.2. The number of fused-ring (bicyclic) bond motifs is 2. The zero-order chi connectivity index (χ0) is 22.1. The maximum Gasteiger partial charge on any atom is 0.339 e. The zero-order valence-corrected chi connectivity index (χ0v) is 17.4. The van der Waals surface area contributed by atoms with Crippen molar-refractivity contribution in [2.45, 2.75) is 13.5 Å². The molecule has 0 bridgehead atoms. The number of hydrogen-bond donors (Lipinski definition) is 0. The standard InChI is InChI=1S/C26H19N3O3/c1-17-24(20-11-5-6-12-21(20)28-25(17)18-9-3-2-4-10-18)26(31)32-16-19-15-23(30)29-14-8-7-13-22(29)27-19/h2-15H,16H2,1H3. The van der Waals surface area contributed by atoms with E-state index < -0.39 is 5.97 Å². The number of esters is 1. The highest BCUT2D eigenvalue weighted by Gasteiger charge is 2.20. The van der Waals surface area contributed by atoms with Crippen LogP contribution in [0.4, 0.5) is 0 Å². The van der Waals surface area contributed by atoms with Crippen LogP contribution in [0.15, 0.2) is 89.9 Å². The van der Waals surface area contributed by atoms with Gasteiger partial charge in [0.1, 0.15) is 12.3 Å². The Balaban J connectivity index is 1.53. The second kappa shape index (κ2) is 8.07. The van der Waals surface area contributed by atoms with Gasteiger partial charge in [0.05, 0.1) is 22.5 Å². The first-order valence-corrected chi connectivity index (χ1v) is 10.2. The molecule has 2 aromatic carbocycles. The fourth-order valence-corrected chi connectivity index (χ4v) is 3.84. The Morgan fingerprint density at radius 1 is 0.938 bits per heavy atom. The van der Waals surface area contributed by atoms with Crippen molar-refractivity contribution >= 4 is 22.5 Å². The molecule has 5 aromatic rings. The van der Waals surface area contributed by atoms with Crippen molar-refractivity contribution < 1.29 is 9.53 Å². The molecule has 0 aliphatic rings. The van der Waals surface area contributed by atoms with Gasteiger partial charge < -0.3 is 4.74 Å². The lowest BCUT2D eigenvalue weighted by Gasteiger charge is -2.14. The van der Waals surface area contributed by atoms with E-state index in [9.17, 15) is 9.59 Å². The molecule has 6 nitrogen and oxygen atoms in total. The number of pyridine rings is 2. The summed E-state index contributed by atoms with van der Waals surface area (Å²) in [5.74, 6) is -0.478. The molecule has 0 atom stereocenters. The Morgan fingerprint density at radius 2 is 1.69 bits per heavy atom. The third-order valence-electron chi connectivity index (χ3n) is 5.36. The second-order valence-electron chi connectivity index (χ2n) is 7.43. The monoisotopic (exact) mass is 421 g/mol. The van der Waals surface area contributed by atoms with E-state index in [-0.39, 0.29) is 12.2 Å². The van der Waals surface area contributed by atoms with E-state index in [1.54, 1.807) is 24.4 Å². The van der Waals surface area contributed by atoms with Crippen LogP contribution in [0.5, 0.6) is 0 Å². The van der Waals surface area contributed by atoms with Gasteiger partial charge in [0.25, 0.3) is 5.56 Å². The fourth-order valence-electron chi connectivity index (χ4n) is 3.84. The number of carbonyl (C=O) groups is 1. The van der Waals surface area contributed by atoms with Gasteiger partial charge in [-0.15, -0.1) is 0 Å². The Bertz CT molecular complexity index is 1520. The van der Waals surface area contributed by atoms with Crippen molar-refractivity contribution in [3.63, 3.8) is 0 Å². The van der Waals surface area contributed by atoms with E-state index >= 15 is 0 Å². The molecule has 0 radical (unpaired) electrons. The van der Waals surface area contributed by atoms with Crippen LogP contribution in [0.2, 0.25) is 0 Å². The minimum absolute atomic E-state index is 0.101. The van der Waals surface area contributed by atoms with Crippen LogP contribution in [-0.2, 0) is 11.3 Å². The first kappa shape index (κ1) is 19.6. The normalized spacial score (nSPS) is 11.0. The van der Waals surface area contributed by atoms with Crippen molar-refractivity contribution in [3.05, 3.63) is 112 Å². The average molecular weight is 421 g/mol. The van der Waals surface area contributed by atoms with Gasteiger partial charge in [-0.2, -0.15) is 0 Å². The third-order valence-corrected chi connectivity index (χ3v) is 5.36. The molecule has 6 heteroatoms. The summed E-state index contributed by atoms with van der Waals surface area (Å²) >= 11 is 0. The molecule has 0 amide bonds. The lowest BCUT2D eigenvalue weighted by Crippen LogP contribution is -2.17. The van der Waals surface area contributed by atoms with Gasteiger partial charge in [-0.25, -0.2) is 14.8 Å². The smallest absolute Gasteiger partial charge is 0.339 e. The van der Waals surface area contributed by atoms with Crippen LogP contribution in [0.1, 0.15) is 21.6 Å². The van der Waals surface area contributed by atoms with E-state index in [4.69, 9.17) is 9.72 Å². The number of hydrogen-bond acceptors (Lipinski definition) is 5. The highest BCUT2D eigenvalue weighted by molar-refractivity contribution is 6.06. The van der Waals surface area contributed by atoms with Crippen LogP contribution in [-0.4, -0.2) is 20.3 Å². The summed E-state index contributed by atoms with van der Waals surface area (Å²) in [6.07, 6.45) is 1.65. The van der Waals surface area contributed by atoms with E-state index in [1.165, 1.54) is 10.5 Å². The maximum absolute atomic E-state index is 13.2. The van der Waals surface area contributed by atoms with Crippen molar-refractivity contribution in [2.75, 3.05) is 0 Å². The Kier molecular flexibility index (Phi) is 4.95. The van der Waals surface area contributed by atoms with Crippen LogP contribution in [0, 0.1) is 6.92 Å². The molecule has 0 aliphatic heterocycles. The SMILES string of the molecule is Cc1c(-c2ccccc2)nc2ccccc2c1C(=O)OCc1cc(=O)n2ccccc2n1. The Labute approximate surface area is 183 Å². The molecule has 156 valence electrons. The number of benzene rings is 2. The second-order valence-corrected chi connectivity index (χ2v) is 7.43. The molecule has 3 heterocycles. The summed E-state index contributed by atoms with van der Waals surface area (Å²) in [5.41, 5.74) is 4.26. The first-order chi connectivity index (χ1) is 15.6. The van der Waals surface area contributed by atoms with Crippen LogP contribution < -0.4 is 5.56 Å². The highest BCUT2D eigenvalue weighted by Crippen LogP contribution is 2.30. The average Bonchev–Trinajstić information content (AvgIpc) is 2.83. The summed E-state index contributed by atoms with van der Waals surface area (Å²) in [6.45, 7) is 1.77. The molecule has 32 heavy (non-hydrogen) atoms. The van der Waals surface area contributed by atoms with E-state index in [0.717, 1.165) is 22.2 Å². The number of carbonyl (C=O) groups excluding carboxylic acids is 1. The molecular formula is C26H19N3O3. The third kappa shape index (κ3) is 3.52. The van der Waals surface area contributed by atoms with Crippen molar-refractivity contribution in [1.82, 2.24) is 14.4 Å². The fraction of sp³-hybridized carbons (Fsp3) is 0.0769. The highest BCUT2D eigenvalue weighted by atomic mass is 16.5. The van der Waals surface area contributed by atoms with Gasteiger partial charge in [-0.05, 0) is 30.7 Å². The lowest BCUT2D eigenvalue weighted by molar-refractivity contribution is 0.0469. The van der Waals surface area contributed by atoms with Gasteiger partial charge in [0.2, 0.25) is 0 Å². The molecule has 5 rings (SSSR count). The first-order valence-electron chi connectivity index (χ1n) is 10.2. The van der Waals surface area contributed by atoms with Gasteiger partial charge in [0, 0.05) is 23.2 Å². The molecule has 0 fully saturated rings. The molecule has 0 N–H and O–H groups in total. The summed E-state index contributed by atoms with van der Waals surface area (Å²) in [6, 6.07) is 23.9. The minimum Gasteiger partial charge on any atom is -0.456 e. The van der Waals surface area contributed by atoms with Gasteiger partial charge >= 0.3 is 5.97 Å². The Morgan fingerprint density at radius 3 is 2.53 bits per heavy atom. The minimum atomic E-state index is -0.478. The summed E-state index contributed by atoms with van der Waals surface area (Å²) in [4.78, 5) is 34.8. The molecule has 0 unspecified atom stereocenters. The zero-order valence-electron chi connectivity index (χ0n) is 17.4. The quantitative estimate of drug-likeness (QED) is 0.397. The lowest BCUT2D eigenvalue weighted by atomic mass is 9.98. The van der Waals surface area contributed by atoms with Gasteiger partial charge in [-0.3, -0.25) is 9.20 Å². The molecule has 0 spiro atoms. The molecule has 0 saturated carbocycles. The molecule has 0 aliphatic carbocycles. The topological polar surface area (TPSA) is 73.6 Å². The van der Waals surface area contributed by atoms with Crippen molar-refractivity contribution in [1.29, 1.82) is 0 Å². The summed E-state index contributed by atoms with van der Waals surface area (Å²) in [7, 11) is 0. The predicted octanol–water partition coefficient (Wildman–Crippen LogP) is 4.58. The van der Waals surface area contributed by atoms with Crippen LogP contribution in [0.25, 0.3) is 27.8 Å². The van der Waals surface area contributed by atoms with Crippen molar-refractivity contribution in [2.24, 2.45) is 0 Å².